The SMILES string of the molecule is CCCN(C)C(=O)c1ncccc1Br. The number of aromatic nitrogens is 1. The summed E-state index contributed by atoms with van der Waals surface area (Å²) in [5.41, 5.74) is 0.475. The number of pyridine rings is 1. The summed E-state index contributed by atoms with van der Waals surface area (Å²) in [4.78, 5) is 17.5. The van der Waals surface area contributed by atoms with E-state index in [0.29, 0.717) is 5.69 Å². The quantitative estimate of drug-likeness (QED) is 0.832. The zero-order chi connectivity index (χ0) is 10.6. The minimum atomic E-state index is -0.0423. The van der Waals surface area contributed by atoms with E-state index in [1.54, 1.807) is 24.2 Å². The molecular weight excluding hydrogens is 244 g/mol. The summed E-state index contributed by atoms with van der Waals surface area (Å²) in [6.45, 7) is 2.79. The molecule has 4 heteroatoms. The number of carbonyl (C=O) groups excluding carboxylic acids is 1. The molecule has 3 nitrogen and oxygen atoms in total. The Balaban J connectivity index is 2.84. The molecule has 0 aliphatic carbocycles. The lowest BCUT2D eigenvalue weighted by molar-refractivity contribution is 0.0788. The second-order valence-corrected chi connectivity index (χ2v) is 3.91. The zero-order valence-corrected chi connectivity index (χ0v) is 9.91. The lowest BCUT2D eigenvalue weighted by Gasteiger charge is -2.15. The molecule has 0 N–H and O–H groups in total. The van der Waals surface area contributed by atoms with Crippen molar-refractivity contribution < 1.29 is 4.79 Å². The monoisotopic (exact) mass is 256 g/mol. The molecule has 0 atom stereocenters. The summed E-state index contributed by atoms with van der Waals surface area (Å²) in [6.07, 6.45) is 2.57. The van der Waals surface area contributed by atoms with Crippen LogP contribution in [0, 0.1) is 0 Å². The largest absolute Gasteiger partial charge is 0.340 e. The van der Waals surface area contributed by atoms with Gasteiger partial charge in [-0.1, -0.05) is 6.92 Å². The van der Waals surface area contributed by atoms with Gasteiger partial charge in [-0.25, -0.2) is 4.98 Å². The lowest BCUT2D eigenvalue weighted by atomic mass is 10.3. The van der Waals surface area contributed by atoms with E-state index in [0.717, 1.165) is 17.4 Å². The Bertz CT molecular complexity index is 328. The van der Waals surface area contributed by atoms with Crippen LogP contribution in [0.25, 0.3) is 0 Å². The van der Waals surface area contributed by atoms with Crippen LogP contribution in [0.15, 0.2) is 22.8 Å². The fourth-order valence-electron chi connectivity index (χ4n) is 1.16. The molecule has 0 aromatic carbocycles. The lowest BCUT2D eigenvalue weighted by Crippen LogP contribution is -2.28. The third-order valence-corrected chi connectivity index (χ3v) is 2.51. The maximum absolute atomic E-state index is 11.8. The molecule has 0 bridgehead atoms. The van der Waals surface area contributed by atoms with Gasteiger partial charge in [-0.15, -0.1) is 0 Å². The molecule has 1 aromatic rings. The Morgan fingerprint density at radius 1 is 1.64 bits per heavy atom. The summed E-state index contributed by atoms with van der Waals surface area (Å²) in [6, 6.07) is 3.61. The van der Waals surface area contributed by atoms with Gasteiger partial charge in [0.05, 0.1) is 0 Å². The van der Waals surface area contributed by atoms with Crippen molar-refractivity contribution in [3.63, 3.8) is 0 Å². The van der Waals surface area contributed by atoms with Crippen molar-refractivity contribution in [3.05, 3.63) is 28.5 Å². The van der Waals surface area contributed by atoms with Crippen LogP contribution < -0.4 is 0 Å². The van der Waals surface area contributed by atoms with Gasteiger partial charge in [-0.3, -0.25) is 4.79 Å². The van der Waals surface area contributed by atoms with Crippen LogP contribution in [0.1, 0.15) is 23.8 Å². The van der Waals surface area contributed by atoms with E-state index in [1.807, 2.05) is 13.0 Å². The minimum absolute atomic E-state index is 0.0423. The Labute approximate surface area is 92.3 Å². The van der Waals surface area contributed by atoms with Crippen LogP contribution in [-0.2, 0) is 0 Å². The molecular formula is C10H13BrN2O. The van der Waals surface area contributed by atoms with Crippen LogP contribution in [0.5, 0.6) is 0 Å². The fraction of sp³-hybridized carbons (Fsp3) is 0.400. The molecule has 0 aliphatic heterocycles. The topological polar surface area (TPSA) is 33.2 Å². The van der Waals surface area contributed by atoms with Gasteiger partial charge in [-0.2, -0.15) is 0 Å². The highest BCUT2D eigenvalue weighted by molar-refractivity contribution is 9.10. The van der Waals surface area contributed by atoms with Crippen molar-refractivity contribution in [3.8, 4) is 0 Å². The second kappa shape index (κ2) is 5.10. The number of nitrogens with zero attached hydrogens (tertiary/aromatic N) is 2. The Hall–Kier alpha value is -0.900. The molecule has 14 heavy (non-hydrogen) atoms. The molecule has 0 unspecified atom stereocenters. The summed E-state index contributed by atoms with van der Waals surface area (Å²) < 4.78 is 0.743. The van der Waals surface area contributed by atoms with Crippen LogP contribution in [0.3, 0.4) is 0 Å². The standard InChI is InChI=1S/C10H13BrN2O/c1-3-7-13(2)10(14)9-8(11)5-4-6-12-9/h4-6H,3,7H2,1-2H3. The first-order chi connectivity index (χ1) is 6.66. The first-order valence-corrected chi connectivity index (χ1v) is 5.32. The average molecular weight is 257 g/mol. The van der Waals surface area contributed by atoms with Crippen molar-refractivity contribution in [2.75, 3.05) is 13.6 Å². The molecule has 0 aliphatic rings. The van der Waals surface area contributed by atoms with Gasteiger partial charge < -0.3 is 4.90 Å². The zero-order valence-electron chi connectivity index (χ0n) is 8.33. The number of halogens is 1. The summed E-state index contributed by atoms with van der Waals surface area (Å²) >= 11 is 3.31. The summed E-state index contributed by atoms with van der Waals surface area (Å²) in [5.74, 6) is -0.0423. The molecule has 1 rings (SSSR count). The average Bonchev–Trinajstić information content (AvgIpc) is 2.18. The molecule has 0 saturated carbocycles. The molecule has 0 radical (unpaired) electrons. The van der Waals surface area contributed by atoms with Gasteiger partial charge in [0.25, 0.3) is 5.91 Å². The van der Waals surface area contributed by atoms with Crippen LogP contribution in [0.4, 0.5) is 0 Å². The molecule has 1 aromatic heterocycles. The highest BCUT2D eigenvalue weighted by atomic mass is 79.9. The van der Waals surface area contributed by atoms with E-state index in [2.05, 4.69) is 20.9 Å². The molecule has 0 saturated heterocycles. The van der Waals surface area contributed by atoms with Crippen LogP contribution >= 0.6 is 15.9 Å². The predicted molar refractivity (Wildman–Crippen MR) is 59.2 cm³/mol. The van der Waals surface area contributed by atoms with Crippen molar-refractivity contribution in [1.29, 1.82) is 0 Å². The summed E-state index contributed by atoms with van der Waals surface area (Å²) in [7, 11) is 1.78. The third kappa shape index (κ3) is 2.54. The number of carbonyl (C=O) groups is 1. The highest BCUT2D eigenvalue weighted by Gasteiger charge is 2.14. The van der Waals surface area contributed by atoms with Gasteiger partial charge in [0.1, 0.15) is 5.69 Å². The fourth-order valence-corrected chi connectivity index (χ4v) is 1.59. The molecule has 0 spiro atoms. The van der Waals surface area contributed by atoms with Crippen molar-refractivity contribution in [2.24, 2.45) is 0 Å². The van der Waals surface area contributed by atoms with E-state index >= 15 is 0 Å². The summed E-state index contributed by atoms with van der Waals surface area (Å²) in [5, 5.41) is 0. The first kappa shape index (κ1) is 11.2. The third-order valence-electron chi connectivity index (χ3n) is 1.87. The smallest absolute Gasteiger partial charge is 0.273 e. The van der Waals surface area contributed by atoms with Crippen molar-refractivity contribution in [2.45, 2.75) is 13.3 Å². The Kier molecular flexibility index (Phi) is 4.07. The minimum Gasteiger partial charge on any atom is -0.340 e. The Morgan fingerprint density at radius 2 is 2.36 bits per heavy atom. The normalized spacial score (nSPS) is 9.93. The number of rotatable bonds is 3. The van der Waals surface area contributed by atoms with E-state index < -0.39 is 0 Å². The van der Waals surface area contributed by atoms with Gasteiger partial charge >= 0.3 is 0 Å². The maximum Gasteiger partial charge on any atom is 0.273 e. The van der Waals surface area contributed by atoms with Gasteiger partial charge in [-0.05, 0) is 34.5 Å². The van der Waals surface area contributed by atoms with E-state index in [1.165, 1.54) is 0 Å². The number of hydrogen-bond acceptors (Lipinski definition) is 2. The van der Waals surface area contributed by atoms with Gasteiger partial charge in [0.15, 0.2) is 0 Å². The Morgan fingerprint density at radius 3 is 2.93 bits per heavy atom. The second-order valence-electron chi connectivity index (χ2n) is 3.06. The van der Waals surface area contributed by atoms with Crippen molar-refractivity contribution >= 4 is 21.8 Å². The maximum atomic E-state index is 11.8. The van der Waals surface area contributed by atoms with E-state index in [-0.39, 0.29) is 5.91 Å². The molecule has 76 valence electrons. The molecule has 1 heterocycles. The number of hydrogen-bond donors (Lipinski definition) is 0. The number of amides is 1. The van der Waals surface area contributed by atoms with Crippen LogP contribution in [0.2, 0.25) is 0 Å². The highest BCUT2D eigenvalue weighted by Crippen LogP contribution is 2.14. The predicted octanol–water partition coefficient (Wildman–Crippen LogP) is 2.33. The first-order valence-electron chi connectivity index (χ1n) is 4.52. The van der Waals surface area contributed by atoms with E-state index in [4.69, 9.17) is 0 Å². The molecule has 1 amide bonds. The van der Waals surface area contributed by atoms with Crippen molar-refractivity contribution in [1.82, 2.24) is 9.88 Å². The van der Waals surface area contributed by atoms with Gasteiger partial charge in [0, 0.05) is 24.3 Å². The van der Waals surface area contributed by atoms with Gasteiger partial charge in [0.2, 0.25) is 0 Å². The van der Waals surface area contributed by atoms with E-state index in [9.17, 15) is 4.79 Å². The molecule has 0 fully saturated rings. The van der Waals surface area contributed by atoms with Crippen LogP contribution in [-0.4, -0.2) is 29.4 Å².